The molecule has 4 nitrogen and oxygen atoms in total. The van der Waals surface area contributed by atoms with E-state index in [0.717, 1.165) is 37.7 Å². The van der Waals surface area contributed by atoms with Crippen LogP contribution in [0.4, 0.5) is 0 Å². The van der Waals surface area contributed by atoms with Crippen molar-refractivity contribution >= 4 is 37.7 Å². The first kappa shape index (κ1) is 17.1. The molecule has 26 heavy (non-hydrogen) atoms. The van der Waals surface area contributed by atoms with Gasteiger partial charge in [0.05, 0.1) is 18.3 Å². The van der Waals surface area contributed by atoms with Gasteiger partial charge in [0.1, 0.15) is 18.5 Å². The number of nitrogens with zero attached hydrogens (tertiary/aromatic N) is 2. The Morgan fingerprint density at radius 1 is 1.08 bits per heavy atom. The summed E-state index contributed by atoms with van der Waals surface area (Å²) >= 11 is 3.55. The van der Waals surface area contributed by atoms with Gasteiger partial charge in [0, 0.05) is 26.5 Å². The SMILES string of the molecule is Cc1cc2c3cc(Br)ccc3n(CC(O)COc3ccccc3)c2cn1. The Hall–Kier alpha value is -2.37. The van der Waals surface area contributed by atoms with Crippen molar-refractivity contribution in [3.63, 3.8) is 0 Å². The van der Waals surface area contributed by atoms with Crippen LogP contribution in [0, 0.1) is 6.92 Å². The largest absolute Gasteiger partial charge is 0.491 e. The zero-order valence-electron chi connectivity index (χ0n) is 14.4. The van der Waals surface area contributed by atoms with Crippen LogP contribution in [-0.4, -0.2) is 27.4 Å². The average molecular weight is 411 g/mol. The summed E-state index contributed by atoms with van der Waals surface area (Å²) in [4.78, 5) is 4.44. The Labute approximate surface area is 160 Å². The molecule has 0 aliphatic carbocycles. The number of benzene rings is 2. The first-order valence-corrected chi connectivity index (χ1v) is 9.31. The third-order valence-electron chi connectivity index (χ3n) is 4.43. The number of aromatic nitrogens is 2. The maximum Gasteiger partial charge on any atom is 0.119 e. The number of aryl methyl sites for hydroxylation is 1. The van der Waals surface area contributed by atoms with E-state index in [4.69, 9.17) is 4.74 Å². The molecule has 2 heterocycles. The molecule has 1 unspecified atom stereocenters. The van der Waals surface area contributed by atoms with E-state index >= 15 is 0 Å². The van der Waals surface area contributed by atoms with E-state index in [1.807, 2.05) is 49.5 Å². The lowest BCUT2D eigenvalue weighted by Crippen LogP contribution is -2.23. The molecule has 0 aliphatic heterocycles. The topological polar surface area (TPSA) is 47.3 Å². The number of aliphatic hydroxyl groups is 1. The number of rotatable bonds is 5. The third kappa shape index (κ3) is 3.32. The molecule has 2 aromatic heterocycles. The molecule has 0 saturated carbocycles. The second-order valence-corrected chi connectivity index (χ2v) is 7.31. The van der Waals surface area contributed by atoms with Crippen LogP contribution in [0.1, 0.15) is 5.69 Å². The lowest BCUT2D eigenvalue weighted by molar-refractivity contribution is 0.0945. The fourth-order valence-corrected chi connectivity index (χ4v) is 3.60. The van der Waals surface area contributed by atoms with E-state index in [1.54, 1.807) is 0 Å². The average Bonchev–Trinajstić information content (AvgIpc) is 2.93. The van der Waals surface area contributed by atoms with Crippen LogP contribution in [0.2, 0.25) is 0 Å². The molecule has 0 bridgehead atoms. The molecule has 1 atom stereocenters. The summed E-state index contributed by atoms with van der Waals surface area (Å²) in [5.41, 5.74) is 3.07. The highest BCUT2D eigenvalue weighted by Crippen LogP contribution is 2.31. The molecule has 0 amide bonds. The molecule has 0 spiro atoms. The second kappa shape index (κ2) is 7.09. The van der Waals surface area contributed by atoms with Crippen molar-refractivity contribution in [2.45, 2.75) is 19.6 Å². The second-order valence-electron chi connectivity index (χ2n) is 6.39. The monoisotopic (exact) mass is 410 g/mol. The standard InChI is InChI=1S/C21H19BrN2O2/c1-14-9-18-19-10-15(22)7-8-20(19)24(21(18)11-23-14)12-16(25)13-26-17-5-3-2-4-6-17/h2-11,16,25H,12-13H2,1H3. The predicted octanol–water partition coefficient (Wildman–Crippen LogP) is 4.70. The minimum absolute atomic E-state index is 0.237. The number of halogens is 1. The highest BCUT2D eigenvalue weighted by atomic mass is 79.9. The first-order chi connectivity index (χ1) is 12.6. The van der Waals surface area contributed by atoms with Crippen LogP contribution in [0.3, 0.4) is 0 Å². The van der Waals surface area contributed by atoms with Gasteiger partial charge in [-0.25, -0.2) is 0 Å². The van der Waals surface area contributed by atoms with Gasteiger partial charge in [-0.15, -0.1) is 0 Å². The number of hydrogen-bond acceptors (Lipinski definition) is 3. The van der Waals surface area contributed by atoms with Gasteiger partial charge in [0.2, 0.25) is 0 Å². The quantitative estimate of drug-likeness (QED) is 0.518. The van der Waals surface area contributed by atoms with Crippen molar-refractivity contribution in [2.24, 2.45) is 0 Å². The smallest absolute Gasteiger partial charge is 0.119 e. The fraction of sp³-hybridized carbons (Fsp3) is 0.190. The van der Waals surface area contributed by atoms with Gasteiger partial charge in [-0.1, -0.05) is 34.1 Å². The molecule has 4 aromatic rings. The summed E-state index contributed by atoms with van der Waals surface area (Å²) in [6.45, 7) is 2.67. The third-order valence-corrected chi connectivity index (χ3v) is 4.92. The Morgan fingerprint density at radius 2 is 1.85 bits per heavy atom. The van der Waals surface area contributed by atoms with Crippen LogP contribution in [-0.2, 0) is 6.54 Å². The Balaban J connectivity index is 1.66. The fourth-order valence-electron chi connectivity index (χ4n) is 3.24. The van der Waals surface area contributed by atoms with E-state index in [9.17, 15) is 5.11 Å². The number of pyridine rings is 1. The summed E-state index contributed by atoms with van der Waals surface area (Å²) in [7, 11) is 0. The van der Waals surface area contributed by atoms with Gasteiger partial charge in [0.15, 0.2) is 0 Å². The van der Waals surface area contributed by atoms with Gasteiger partial charge < -0.3 is 14.4 Å². The summed E-state index contributed by atoms with van der Waals surface area (Å²) in [6, 6.07) is 17.8. The maximum atomic E-state index is 10.5. The zero-order valence-corrected chi connectivity index (χ0v) is 16.0. The summed E-state index contributed by atoms with van der Waals surface area (Å²) in [5, 5.41) is 12.8. The molecule has 0 aliphatic rings. The summed E-state index contributed by atoms with van der Waals surface area (Å²) in [6.07, 6.45) is 1.25. The van der Waals surface area contributed by atoms with E-state index in [2.05, 4.69) is 43.7 Å². The van der Waals surface area contributed by atoms with Crippen molar-refractivity contribution in [2.75, 3.05) is 6.61 Å². The highest BCUT2D eigenvalue weighted by molar-refractivity contribution is 9.10. The molecule has 4 rings (SSSR count). The zero-order chi connectivity index (χ0) is 18.1. The molecule has 2 aromatic carbocycles. The van der Waals surface area contributed by atoms with Gasteiger partial charge in [-0.05, 0) is 43.3 Å². The number of aliphatic hydroxyl groups excluding tert-OH is 1. The number of fused-ring (bicyclic) bond motifs is 3. The van der Waals surface area contributed by atoms with E-state index in [-0.39, 0.29) is 6.61 Å². The molecule has 132 valence electrons. The molecule has 1 N–H and O–H groups in total. The van der Waals surface area contributed by atoms with Crippen molar-refractivity contribution in [3.05, 3.63) is 71.0 Å². The van der Waals surface area contributed by atoms with Gasteiger partial charge in [-0.2, -0.15) is 0 Å². The minimum atomic E-state index is -0.626. The number of hydrogen-bond donors (Lipinski definition) is 1. The van der Waals surface area contributed by atoms with E-state index in [0.29, 0.717) is 6.54 Å². The van der Waals surface area contributed by atoms with E-state index in [1.165, 1.54) is 0 Å². The molecule has 0 radical (unpaired) electrons. The lowest BCUT2D eigenvalue weighted by Gasteiger charge is -2.15. The van der Waals surface area contributed by atoms with Crippen molar-refractivity contribution in [1.82, 2.24) is 9.55 Å². The molecule has 5 heteroatoms. The Morgan fingerprint density at radius 3 is 2.65 bits per heavy atom. The van der Waals surface area contributed by atoms with Crippen molar-refractivity contribution < 1.29 is 9.84 Å². The minimum Gasteiger partial charge on any atom is -0.491 e. The predicted molar refractivity (Wildman–Crippen MR) is 108 cm³/mol. The van der Waals surface area contributed by atoms with Crippen molar-refractivity contribution in [3.8, 4) is 5.75 Å². The summed E-state index contributed by atoms with van der Waals surface area (Å²) < 4.78 is 8.84. The van der Waals surface area contributed by atoms with Gasteiger partial charge >= 0.3 is 0 Å². The van der Waals surface area contributed by atoms with Crippen LogP contribution in [0.5, 0.6) is 5.75 Å². The Bertz CT molecular complexity index is 1000. The van der Waals surface area contributed by atoms with Crippen LogP contribution >= 0.6 is 15.9 Å². The van der Waals surface area contributed by atoms with Crippen molar-refractivity contribution in [1.29, 1.82) is 0 Å². The molecule has 0 fully saturated rings. The Kier molecular flexibility index (Phi) is 4.66. The normalized spacial score (nSPS) is 12.6. The molecule has 0 saturated heterocycles. The highest BCUT2D eigenvalue weighted by Gasteiger charge is 2.15. The van der Waals surface area contributed by atoms with Crippen LogP contribution in [0.25, 0.3) is 21.8 Å². The van der Waals surface area contributed by atoms with E-state index < -0.39 is 6.10 Å². The first-order valence-electron chi connectivity index (χ1n) is 8.52. The number of ether oxygens (including phenoxy) is 1. The lowest BCUT2D eigenvalue weighted by atomic mass is 10.2. The molecular weight excluding hydrogens is 392 g/mol. The van der Waals surface area contributed by atoms with Crippen LogP contribution < -0.4 is 4.74 Å². The van der Waals surface area contributed by atoms with Crippen LogP contribution in [0.15, 0.2) is 65.3 Å². The molecular formula is C21H19BrN2O2. The maximum absolute atomic E-state index is 10.5. The van der Waals surface area contributed by atoms with Gasteiger partial charge in [-0.3, -0.25) is 4.98 Å². The number of para-hydroxylation sites is 1. The van der Waals surface area contributed by atoms with Gasteiger partial charge in [0.25, 0.3) is 0 Å². The summed E-state index contributed by atoms with van der Waals surface area (Å²) in [5.74, 6) is 0.759.